The third-order valence-electron chi connectivity index (χ3n) is 3.25. The smallest absolute Gasteiger partial charge is 0.318 e. The lowest BCUT2D eigenvalue weighted by Gasteiger charge is -2.35. The molecular formula is C13H19N3O5. The van der Waals surface area contributed by atoms with Crippen molar-refractivity contribution in [1.82, 2.24) is 15.2 Å². The highest BCUT2D eigenvalue weighted by atomic mass is 16.5. The summed E-state index contributed by atoms with van der Waals surface area (Å²) in [6.45, 7) is 4.52. The fraction of sp³-hybridized carbons (Fsp3) is 0.615. The summed E-state index contributed by atoms with van der Waals surface area (Å²) in [4.78, 5) is 28.7. The number of nitrogens with zero attached hydrogens (tertiary/aromatic N) is 2. The van der Waals surface area contributed by atoms with Crippen molar-refractivity contribution >= 4 is 12.0 Å². The third kappa shape index (κ3) is 3.94. The van der Waals surface area contributed by atoms with E-state index in [1.54, 1.807) is 20.0 Å². The number of nitrogens with one attached hydrogen (secondary N) is 1. The number of carboxylic acid groups (broad SMARTS) is 1. The van der Waals surface area contributed by atoms with Crippen LogP contribution in [0.5, 0.6) is 0 Å². The van der Waals surface area contributed by atoms with Crippen molar-refractivity contribution in [2.24, 2.45) is 0 Å². The molecule has 2 N–H and O–H groups in total. The summed E-state index contributed by atoms with van der Waals surface area (Å²) in [6.07, 6.45) is 1.44. The van der Waals surface area contributed by atoms with Gasteiger partial charge in [0, 0.05) is 6.54 Å². The first kappa shape index (κ1) is 15.3. The van der Waals surface area contributed by atoms with E-state index in [9.17, 15) is 9.59 Å². The Hall–Kier alpha value is -2.09. The molecule has 2 heterocycles. The predicted molar refractivity (Wildman–Crippen MR) is 71.8 cm³/mol. The summed E-state index contributed by atoms with van der Waals surface area (Å²) in [5.41, 5.74) is 0. The second-order valence-corrected chi connectivity index (χ2v) is 5.00. The van der Waals surface area contributed by atoms with E-state index in [4.69, 9.17) is 14.3 Å². The lowest BCUT2D eigenvalue weighted by atomic mass is 10.1. The molecule has 1 aliphatic rings. The maximum Gasteiger partial charge on any atom is 0.318 e. The fourth-order valence-electron chi connectivity index (χ4n) is 2.20. The summed E-state index contributed by atoms with van der Waals surface area (Å²) in [6, 6.07) is -1.19. The number of hydrogen-bond acceptors (Lipinski definition) is 5. The van der Waals surface area contributed by atoms with Gasteiger partial charge in [0.15, 0.2) is 0 Å². The minimum Gasteiger partial charge on any atom is -0.481 e. The molecule has 0 radical (unpaired) electrons. The van der Waals surface area contributed by atoms with Crippen molar-refractivity contribution in [2.75, 3.05) is 19.8 Å². The van der Waals surface area contributed by atoms with Gasteiger partial charge in [-0.15, -0.1) is 0 Å². The molecule has 0 bridgehead atoms. The topological polar surface area (TPSA) is 105 Å². The number of ether oxygens (including phenoxy) is 1. The van der Waals surface area contributed by atoms with Gasteiger partial charge >= 0.3 is 12.0 Å². The average molecular weight is 297 g/mol. The number of carbonyl (C=O) groups excluding carboxylic acids is 1. The molecule has 2 amide bonds. The van der Waals surface area contributed by atoms with E-state index in [2.05, 4.69) is 10.3 Å². The van der Waals surface area contributed by atoms with Crippen LogP contribution in [0.2, 0.25) is 0 Å². The predicted octanol–water partition coefficient (Wildman–Crippen LogP) is 0.929. The molecule has 0 aromatic carbocycles. The number of aliphatic carboxylic acids is 1. The van der Waals surface area contributed by atoms with Crippen LogP contribution in [0.25, 0.3) is 0 Å². The standard InChI is InChI=1S/C13H19N3O5/c1-8-6-14-12(21-8)9(2)15-13(19)16-3-4-20-7-10(16)5-11(17)18/h6,9-10H,3-5,7H2,1-2H3,(H,15,19)(H,17,18). The summed E-state index contributed by atoms with van der Waals surface area (Å²) >= 11 is 0. The van der Waals surface area contributed by atoms with Crippen LogP contribution in [0.4, 0.5) is 4.79 Å². The zero-order valence-corrected chi connectivity index (χ0v) is 12.0. The van der Waals surface area contributed by atoms with Gasteiger partial charge in [-0.25, -0.2) is 9.78 Å². The number of hydrogen-bond donors (Lipinski definition) is 2. The van der Waals surface area contributed by atoms with Gasteiger partial charge < -0.3 is 24.5 Å². The van der Waals surface area contributed by atoms with Crippen molar-refractivity contribution in [1.29, 1.82) is 0 Å². The van der Waals surface area contributed by atoms with E-state index >= 15 is 0 Å². The van der Waals surface area contributed by atoms with Crippen molar-refractivity contribution in [3.8, 4) is 0 Å². The number of carboxylic acids is 1. The number of rotatable bonds is 4. The summed E-state index contributed by atoms with van der Waals surface area (Å²) in [5.74, 6) is 0.129. The summed E-state index contributed by atoms with van der Waals surface area (Å²) in [7, 11) is 0. The van der Waals surface area contributed by atoms with E-state index in [0.717, 1.165) is 0 Å². The van der Waals surface area contributed by atoms with Gasteiger partial charge in [0.25, 0.3) is 0 Å². The van der Waals surface area contributed by atoms with E-state index < -0.39 is 12.0 Å². The van der Waals surface area contributed by atoms with Crippen LogP contribution >= 0.6 is 0 Å². The third-order valence-corrected chi connectivity index (χ3v) is 3.25. The van der Waals surface area contributed by atoms with Gasteiger partial charge in [-0.1, -0.05) is 0 Å². The van der Waals surface area contributed by atoms with Gasteiger partial charge in [-0.05, 0) is 13.8 Å². The Morgan fingerprint density at radius 1 is 1.62 bits per heavy atom. The molecule has 2 unspecified atom stereocenters. The zero-order chi connectivity index (χ0) is 15.4. The number of aryl methyl sites for hydroxylation is 1. The van der Waals surface area contributed by atoms with E-state index in [1.165, 1.54) is 4.90 Å². The van der Waals surface area contributed by atoms with E-state index in [-0.39, 0.29) is 25.1 Å². The average Bonchev–Trinajstić information content (AvgIpc) is 2.85. The molecule has 21 heavy (non-hydrogen) atoms. The molecule has 0 spiro atoms. The normalized spacial score (nSPS) is 20.1. The highest BCUT2D eigenvalue weighted by Crippen LogP contribution is 2.15. The van der Waals surface area contributed by atoms with Crippen LogP contribution in [0.3, 0.4) is 0 Å². The Morgan fingerprint density at radius 3 is 3.00 bits per heavy atom. The number of aromatic nitrogens is 1. The van der Waals surface area contributed by atoms with Crippen LogP contribution in [-0.2, 0) is 9.53 Å². The number of oxazole rings is 1. The van der Waals surface area contributed by atoms with E-state index in [1.807, 2.05) is 0 Å². The maximum atomic E-state index is 12.3. The zero-order valence-electron chi connectivity index (χ0n) is 12.0. The highest BCUT2D eigenvalue weighted by Gasteiger charge is 2.30. The molecule has 1 saturated heterocycles. The molecule has 0 saturated carbocycles. The Labute approximate surface area is 122 Å². The van der Waals surface area contributed by atoms with Crippen molar-refractivity contribution in [3.05, 3.63) is 17.8 Å². The number of urea groups is 1. The Morgan fingerprint density at radius 2 is 2.38 bits per heavy atom. The van der Waals surface area contributed by atoms with Crippen LogP contribution in [0.1, 0.15) is 31.0 Å². The second-order valence-electron chi connectivity index (χ2n) is 5.00. The lowest BCUT2D eigenvalue weighted by molar-refractivity contribution is -0.139. The monoisotopic (exact) mass is 297 g/mol. The number of morpholine rings is 1. The number of carbonyl (C=O) groups is 2. The molecule has 1 aromatic heterocycles. The van der Waals surface area contributed by atoms with Crippen molar-refractivity contribution < 1.29 is 23.8 Å². The van der Waals surface area contributed by atoms with Gasteiger partial charge in [0.1, 0.15) is 11.8 Å². The molecule has 8 heteroatoms. The summed E-state index contributed by atoms with van der Waals surface area (Å²) in [5, 5.41) is 11.7. The first-order chi connectivity index (χ1) is 9.97. The lowest BCUT2D eigenvalue weighted by Crippen LogP contribution is -2.53. The molecule has 1 aliphatic heterocycles. The molecular weight excluding hydrogens is 278 g/mol. The quantitative estimate of drug-likeness (QED) is 0.856. The van der Waals surface area contributed by atoms with Gasteiger partial charge in [0.05, 0.1) is 31.9 Å². The first-order valence-corrected chi connectivity index (χ1v) is 6.76. The molecule has 116 valence electrons. The van der Waals surface area contributed by atoms with Gasteiger partial charge in [0.2, 0.25) is 5.89 Å². The molecule has 8 nitrogen and oxygen atoms in total. The van der Waals surface area contributed by atoms with Crippen LogP contribution in [0.15, 0.2) is 10.6 Å². The molecule has 1 fully saturated rings. The molecule has 2 atom stereocenters. The minimum atomic E-state index is -0.959. The van der Waals surface area contributed by atoms with Crippen LogP contribution < -0.4 is 5.32 Å². The fourth-order valence-corrected chi connectivity index (χ4v) is 2.20. The Kier molecular flexibility index (Phi) is 4.79. The Balaban J connectivity index is 1.98. The Bertz CT molecular complexity index is 516. The van der Waals surface area contributed by atoms with Crippen molar-refractivity contribution in [3.63, 3.8) is 0 Å². The van der Waals surface area contributed by atoms with Gasteiger partial charge in [-0.2, -0.15) is 0 Å². The first-order valence-electron chi connectivity index (χ1n) is 6.76. The number of amides is 2. The molecule has 2 rings (SSSR count). The van der Waals surface area contributed by atoms with Crippen LogP contribution in [0, 0.1) is 6.92 Å². The SMILES string of the molecule is Cc1cnc(C(C)NC(=O)N2CCOCC2CC(=O)O)o1. The van der Waals surface area contributed by atoms with Crippen molar-refractivity contribution in [2.45, 2.75) is 32.4 Å². The van der Waals surface area contributed by atoms with Gasteiger partial charge in [-0.3, -0.25) is 4.79 Å². The molecule has 0 aliphatic carbocycles. The van der Waals surface area contributed by atoms with Crippen LogP contribution in [-0.4, -0.2) is 52.8 Å². The largest absolute Gasteiger partial charge is 0.481 e. The summed E-state index contributed by atoms with van der Waals surface area (Å²) < 4.78 is 10.6. The minimum absolute atomic E-state index is 0.139. The molecule has 1 aromatic rings. The maximum absolute atomic E-state index is 12.3. The second kappa shape index (κ2) is 6.57. The highest BCUT2D eigenvalue weighted by molar-refractivity contribution is 5.76. The van der Waals surface area contributed by atoms with E-state index in [0.29, 0.717) is 24.8 Å².